The Morgan fingerprint density at radius 1 is 1.13 bits per heavy atom. The van der Waals surface area contributed by atoms with E-state index in [4.69, 9.17) is 0 Å². The predicted octanol–water partition coefficient (Wildman–Crippen LogP) is 3.90. The minimum atomic E-state index is -4.82. The summed E-state index contributed by atoms with van der Waals surface area (Å²) in [5.41, 5.74) is 1.46. The van der Waals surface area contributed by atoms with Gasteiger partial charge in [0.15, 0.2) is 0 Å². The van der Waals surface area contributed by atoms with E-state index in [-0.39, 0.29) is 11.3 Å². The van der Waals surface area contributed by atoms with E-state index < -0.39 is 23.8 Å². The number of hydrogen-bond acceptors (Lipinski definition) is 5. The number of pyridine rings is 1. The van der Waals surface area contributed by atoms with Crippen LogP contribution in [-0.2, 0) is 5.75 Å². The molecule has 31 heavy (non-hydrogen) atoms. The summed E-state index contributed by atoms with van der Waals surface area (Å²) in [5, 5.41) is 12.4. The molecule has 159 valence electrons. The summed E-state index contributed by atoms with van der Waals surface area (Å²) in [6.45, 7) is 0. The second-order valence-corrected chi connectivity index (χ2v) is 7.17. The number of benzene rings is 2. The van der Waals surface area contributed by atoms with Crippen molar-refractivity contribution in [1.29, 1.82) is 0 Å². The summed E-state index contributed by atoms with van der Waals surface area (Å²) in [6, 6.07) is 12.0. The molecule has 0 aliphatic carbocycles. The number of rotatable bonds is 7. The molecule has 0 aliphatic heterocycles. The summed E-state index contributed by atoms with van der Waals surface area (Å²) in [6.07, 6.45) is -3.47. The lowest BCUT2D eigenvalue weighted by Gasteiger charge is -2.12. The molecule has 0 spiro atoms. The first kappa shape index (κ1) is 22.6. The fraction of sp³-hybridized carbons (Fsp3) is 0.100. The third-order valence-corrected chi connectivity index (χ3v) is 4.96. The van der Waals surface area contributed by atoms with Gasteiger partial charge < -0.3 is 15.1 Å². The molecule has 1 heterocycles. The molecule has 0 fully saturated rings. The maximum atomic E-state index is 12.9. The molecule has 0 saturated carbocycles. The zero-order valence-corrected chi connectivity index (χ0v) is 16.5. The van der Waals surface area contributed by atoms with Crippen LogP contribution in [0.5, 0.6) is 5.75 Å². The van der Waals surface area contributed by atoms with Crippen LogP contribution in [0.3, 0.4) is 0 Å². The fourth-order valence-corrected chi connectivity index (χ4v) is 3.36. The molecule has 3 rings (SSSR count). The van der Waals surface area contributed by atoms with Crippen molar-refractivity contribution in [2.24, 2.45) is 0 Å². The maximum absolute atomic E-state index is 12.9. The van der Waals surface area contributed by atoms with Crippen molar-refractivity contribution in [3.05, 3.63) is 77.7 Å². The van der Waals surface area contributed by atoms with Gasteiger partial charge in [-0.1, -0.05) is 6.07 Å². The van der Waals surface area contributed by atoms with E-state index in [1.54, 1.807) is 6.07 Å². The van der Waals surface area contributed by atoms with Crippen LogP contribution in [0.25, 0.3) is 0 Å². The van der Waals surface area contributed by atoms with Gasteiger partial charge in [0.05, 0.1) is 10.6 Å². The van der Waals surface area contributed by atoms with Crippen molar-refractivity contribution in [1.82, 2.24) is 4.98 Å². The zero-order valence-electron chi connectivity index (χ0n) is 15.7. The topological polar surface area (TPSA) is 71.5 Å². The largest absolute Gasteiger partial charge is 0.573 e. The van der Waals surface area contributed by atoms with Crippen molar-refractivity contribution >= 4 is 36.3 Å². The molecule has 2 N–H and O–H groups in total. The summed E-state index contributed by atoms with van der Waals surface area (Å²) in [4.78, 5) is 16.4. The Kier molecular flexibility index (Phi) is 7.19. The van der Waals surface area contributed by atoms with E-state index in [0.717, 1.165) is 13.5 Å². The van der Waals surface area contributed by atoms with Crippen LogP contribution in [0.15, 0.2) is 65.8 Å². The van der Waals surface area contributed by atoms with Crippen molar-refractivity contribution in [2.75, 3.05) is 5.32 Å². The van der Waals surface area contributed by atoms with E-state index in [9.17, 15) is 27.4 Å². The lowest BCUT2D eigenvalue weighted by Crippen LogP contribution is -2.21. The third-order valence-electron chi connectivity index (χ3n) is 3.96. The molecular formula is C20H14BF4N2O3S. The molecule has 3 aromatic rings. The first-order valence-corrected chi connectivity index (χ1v) is 9.74. The molecule has 0 atom stereocenters. The van der Waals surface area contributed by atoms with Crippen LogP contribution in [0.1, 0.15) is 15.9 Å². The number of amides is 1. The highest BCUT2D eigenvalue weighted by molar-refractivity contribution is 7.98. The van der Waals surface area contributed by atoms with E-state index in [1.165, 1.54) is 60.4 Å². The monoisotopic (exact) mass is 449 g/mol. The van der Waals surface area contributed by atoms with Crippen LogP contribution in [0.4, 0.5) is 23.2 Å². The second-order valence-electron chi connectivity index (χ2n) is 6.17. The van der Waals surface area contributed by atoms with Crippen LogP contribution >= 0.6 is 11.8 Å². The number of anilines is 1. The number of halogens is 4. The molecule has 0 aliphatic rings. The number of ether oxygens (including phenoxy) is 1. The van der Waals surface area contributed by atoms with Gasteiger partial charge in [0.2, 0.25) is 0 Å². The number of alkyl halides is 3. The molecule has 5 nitrogen and oxygen atoms in total. The SMILES string of the molecule is O=C(Nc1ccc(F)cc1)c1ccc(SCc2cc(OC(F)(F)F)ccc2[B]O)nc1. The van der Waals surface area contributed by atoms with Crippen molar-refractivity contribution < 1.29 is 32.1 Å². The number of thioether (sulfide) groups is 1. The average molecular weight is 449 g/mol. The molecule has 0 saturated heterocycles. The number of aromatic nitrogens is 1. The van der Waals surface area contributed by atoms with Crippen LogP contribution in [-0.4, -0.2) is 29.8 Å². The Hall–Kier alpha value is -3.05. The molecular weight excluding hydrogens is 435 g/mol. The van der Waals surface area contributed by atoms with Gasteiger partial charge in [0.25, 0.3) is 5.91 Å². The Bertz CT molecular complexity index is 1050. The summed E-state index contributed by atoms with van der Waals surface area (Å²) >= 11 is 1.20. The smallest absolute Gasteiger partial charge is 0.450 e. The molecule has 1 radical (unpaired) electrons. The van der Waals surface area contributed by atoms with Crippen molar-refractivity contribution in [3.63, 3.8) is 0 Å². The van der Waals surface area contributed by atoms with Crippen molar-refractivity contribution in [2.45, 2.75) is 17.1 Å². The number of carbonyl (C=O) groups excluding carboxylic acids is 1. The summed E-state index contributed by atoms with van der Waals surface area (Å²) < 4.78 is 54.1. The van der Waals surface area contributed by atoms with Gasteiger partial charge in [0.1, 0.15) is 11.6 Å². The van der Waals surface area contributed by atoms with E-state index in [2.05, 4.69) is 15.0 Å². The lowest BCUT2D eigenvalue weighted by atomic mass is 9.85. The maximum Gasteiger partial charge on any atom is 0.573 e. The van der Waals surface area contributed by atoms with Crippen LogP contribution < -0.4 is 15.5 Å². The van der Waals surface area contributed by atoms with Gasteiger partial charge in [-0.25, -0.2) is 9.37 Å². The Morgan fingerprint density at radius 3 is 2.48 bits per heavy atom. The van der Waals surface area contributed by atoms with Gasteiger partial charge >= 0.3 is 13.8 Å². The molecule has 0 bridgehead atoms. The standard InChI is InChI=1S/C20H14BF4N2O3S/c22-14-2-4-15(5-3-14)27-19(28)12-1-8-18(26-10-12)31-11-13-9-16(30-20(23,24)25)6-7-17(13)21-29/h1-10,29H,11H2,(H,27,28). The van der Waals surface area contributed by atoms with Gasteiger partial charge in [-0.3, -0.25) is 4.79 Å². The first-order valence-electron chi connectivity index (χ1n) is 8.75. The van der Waals surface area contributed by atoms with Crippen LogP contribution in [0.2, 0.25) is 0 Å². The summed E-state index contributed by atoms with van der Waals surface area (Å²) in [5.74, 6) is -1.03. The van der Waals surface area contributed by atoms with Crippen molar-refractivity contribution in [3.8, 4) is 5.75 Å². The van der Waals surface area contributed by atoms with E-state index >= 15 is 0 Å². The number of carbonyl (C=O) groups is 1. The quantitative estimate of drug-likeness (QED) is 0.325. The van der Waals surface area contributed by atoms with Gasteiger partial charge in [-0.05, 0) is 59.6 Å². The molecule has 1 amide bonds. The summed E-state index contributed by atoms with van der Waals surface area (Å²) in [7, 11) is 0.795. The fourth-order valence-electron chi connectivity index (χ4n) is 2.52. The minimum Gasteiger partial charge on any atom is -0.450 e. The Labute approximate surface area is 179 Å². The predicted molar refractivity (Wildman–Crippen MR) is 109 cm³/mol. The van der Waals surface area contributed by atoms with E-state index in [0.29, 0.717) is 21.7 Å². The lowest BCUT2D eigenvalue weighted by molar-refractivity contribution is -0.274. The minimum absolute atomic E-state index is 0.204. The number of nitrogens with one attached hydrogen (secondary N) is 1. The normalized spacial score (nSPS) is 11.1. The van der Waals surface area contributed by atoms with E-state index in [1.807, 2.05) is 0 Å². The van der Waals surface area contributed by atoms with Gasteiger partial charge in [0, 0.05) is 17.6 Å². The molecule has 1 aromatic heterocycles. The number of hydrogen-bond donors (Lipinski definition) is 2. The highest BCUT2D eigenvalue weighted by Gasteiger charge is 2.31. The molecule has 2 aromatic carbocycles. The number of nitrogens with zero attached hydrogens (tertiary/aromatic N) is 1. The highest BCUT2D eigenvalue weighted by Crippen LogP contribution is 2.26. The van der Waals surface area contributed by atoms with Crippen LogP contribution in [0, 0.1) is 5.82 Å². The molecule has 0 unspecified atom stereocenters. The Balaban J connectivity index is 1.64. The zero-order chi connectivity index (χ0) is 22.4. The second kappa shape index (κ2) is 9.84. The third kappa shape index (κ3) is 6.73. The highest BCUT2D eigenvalue weighted by atomic mass is 32.2. The average Bonchev–Trinajstić information content (AvgIpc) is 2.73. The first-order chi connectivity index (χ1) is 14.7. The van der Waals surface area contributed by atoms with Gasteiger partial charge in [-0.2, -0.15) is 0 Å². The molecule has 11 heteroatoms. The van der Waals surface area contributed by atoms with Gasteiger partial charge in [-0.15, -0.1) is 24.9 Å². The Morgan fingerprint density at radius 2 is 1.87 bits per heavy atom.